The van der Waals surface area contributed by atoms with Crippen LogP contribution in [0.15, 0.2) is 18.2 Å². The molecular weight excluding hydrogens is 183 g/mol. The van der Waals surface area contributed by atoms with E-state index in [1.165, 1.54) is 12.1 Å². The zero-order valence-corrected chi connectivity index (χ0v) is 6.73. The maximum absolute atomic E-state index is 12.5. The molecule has 1 atom stereocenters. The Balaban J connectivity index is 2.89. The molecule has 0 radical (unpaired) electrons. The molecular formula is C6H6FN2O2S-. The molecule has 1 rings (SSSR count). The van der Waals surface area contributed by atoms with Crippen LogP contribution >= 0.6 is 0 Å². The van der Waals surface area contributed by atoms with Gasteiger partial charge in [-0.3, -0.25) is 4.21 Å². The second kappa shape index (κ2) is 3.51. The molecule has 3 N–H and O–H groups in total. The highest BCUT2D eigenvalue weighted by Crippen LogP contribution is 2.16. The van der Waals surface area contributed by atoms with Crippen LogP contribution in [-0.2, 0) is 11.3 Å². The van der Waals surface area contributed by atoms with Crippen molar-refractivity contribution >= 4 is 22.6 Å². The molecule has 0 aliphatic heterocycles. The monoisotopic (exact) mass is 189 g/mol. The van der Waals surface area contributed by atoms with Gasteiger partial charge in [0.2, 0.25) is 0 Å². The number of rotatable bonds is 2. The van der Waals surface area contributed by atoms with Gasteiger partial charge in [-0.05, 0) is 18.2 Å². The molecule has 12 heavy (non-hydrogen) atoms. The zero-order valence-electron chi connectivity index (χ0n) is 5.91. The molecule has 0 bridgehead atoms. The molecule has 1 aromatic rings. The minimum absolute atomic E-state index is 0.0922. The van der Waals surface area contributed by atoms with Gasteiger partial charge < -0.3 is 15.0 Å². The van der Waals surface area contributed by atoms with E-state index in [4.69, 9.17) is 5.73 Å². The van der Waals surface area contributed by atoms with Gasteiger partial charge in [-0.25, -0.2) is 4.39 Å². The molecule has 0 fully saturated rings. The lowest BCUT2D eigenvalue weighted by Gasteiger charge is -2.08. The third kappa shape index (κ3) is 2.18. The molecule has 0 aliphatic carbocycles. The highest BCUT2D eigenvalue weighted by molar-refractivity contribution is 7.80. The van der Waals surface area contributed by atoms with E-state index in [9.17, 15) is 13.2 Å². The summed E-state index contributed by atoms with van der Waals surface area (Å²) >= 11 is -2.41. The summed E-state index contributed by atoms with van der Waals surface area (Å²) in [6.45, 7) is 0. The average Bonchev–Trinajstić information content (AvgIpc) is 1.96. The fourth-order valence-corrected chi connectivity index (χ4v) is 1.02. The highest BCUT2D eigenvalue weighted by Gasteiger charge is 1.98. The Bertz CT molecular complexity index is 318. The van der Waals surface area contributed by atoms with E-state index in [1.807, 2.05) is 4.72 Å². The topological polar surface area (TPSA) is 78.2 Å². The third-order valence-corrected chi connectivity index (χ3v) is 1.60. The Kier molecular flexibility index (Phi) is 2.61. The fraction of sp³-hybridized carbons (Fsp3) is 0. The van der Waals surface area contributed by atoms with Crippen molar-refractivity contribution in [2.24, 2.45) is 0 Å². The van der Waals surface area contributed by atoms with Crippen LogP contribution in [0.3, 0.4) is 0 Å². The van der Waals surface area contributed by atoms with E-state index in [2.05, 4.69) is 0 Å². The molecule has 1 aromatic carbocycles. The van der Waals surface area contributed by atoms with E-state index in [0.717, 1.165) is 6.07 Å². The quantitative estimate of drug-likeness (QED) is 0.528. The summed E-state index contributed by atoms with van der Waals surface area (Å²) in [5, 5.41) is 0. The maximum atomic E-state index is 12.5. The van der Waals surface area contributed by atoms with Crippen LogP contribution in [0.1, 0.15) is 0 Å². The first kappa shape index (κ1) is 8.95. The predicted octanol–water partition coefficient (Wildman–Crippen LogP) is 0.614. The Morgan fingerprint density at radius 1 is 1.58 bits per heavy atom. The standard InChI is InChI=1S/C6H7FN2O2S/c7-5-2-1-4(3-6(5)8)9-12(10)11/h1-3,9H,8H2,(H,10,11)/p-1. The third-order valence-electron chi connectivity index (χ3n) is 1.20. The Labute approximate surface area is 71.0 Å². The SMILES string of the molecule is Nc1cc(NS(=O)[O-])ccc1F. The number of halogens is 1. The van der Waals surface area contributed by atoms with Gasteiger partial charge in [0.25, 0.3) is 0 Å². The van der Waals surface area contributed by atoms with E-state index in [1.54, 1.807) is 0 Å². The largest absolute Gasteiger partial charge is 0.755 e. The molecule has 66 valence electrons. The summed E-state index contributed by atoms with van der Waals surface area (Å²) in [5.74, 6) is -0.572. The van der Waals surface area contributed by atoms with Crippen LogP contribution in [0.5, 0.6) is 0 Å². The maximum Gasteiger partial charge on any atom is 0.146 e. The van der Waals surface area contributed by atoms with Crippen molar-refractivity contribution in [1.29, 1.82) is 0 Å². The number of hydrogen-bond acceptors (Lipinski definition) is 3. The summed E-state index contributed by atoms with van der Waals surface area (Å²) in [6.07, 6.45) is 0. The van der Waals surface area contributed by atoms with E-state index >= 15 is 0 Å². The first-order valence-electron chi connectivity index (χ1n) is 3.00. The molecule has 4 nitrogen and oxygen atoms in total. The Morgan fingerprint density at radius 2 is 2.25 bits per heavy atom. The van der Waals surface area contributed by atoms with Crippen molar-refractivity contribution < 1.29 is 13.2 Å². The minimum Gasteiger partial charge on any atom is -0.755 e. The zero-order chi connectivity index (χ0) is 9.14. The van der Waals surface area contributed by atoms with Crippen LogP contribution in [0.4, 0.5) is 15.8 Å². The second-order valence-electron chi connectivity index (χ2n) is 2.07. The number of nitrogen functional groups attached to an aromatic ring is 1. The Hall–Kier alpha value is -1.14. The summed E-state index contributed by atoms with van der Waals surface area (Å²) in [4.78, 5) is 0. The van der Waals surface area contributed by atoms with Gasteiger partial charge in [0.05, 0.1) is 5.69 Å². The lowest BCUT2D eigenvalue weighted by Crippen LogP contribution is -2.03. The number of nitrogens with two attached hydrogens (primary N) is 1. The van der Waals surface area contributed by atoms with Crippen LogP contribution < -0.4 is 10.5 Å². The van der Waals surface area contributed by atoms with Gasteiger partial charge in [0.15, 0.2) is 0 Å². The molecule has 1 unspecified atom stereocenters. The first-order valence-corrected chi connectivity index (χ1v) is 4.08. The van der Waals surface area contributed by atoms with Crippen LogP contribution in [0.2, 0.25) is 0 Å². The molecule has 0 saturated heterocycles. The van der Waals surface area contributed by atoms with Crippen LogP contribution in [0, 0.1) is 5.82 Å². The van der Waals surface area contributed by atoms with E-state index < -0.39 is 17.1 Å². The molecule has 0 aliphatic rings. The van der Waals surface area contributed by atoms with Gasteiger partial charge in [0.1, 0.15) is 5.82 Å². The molecule has 0 spiro atoms. The smallest absolute Gasteiger partial charge is 0.146 e. The highest BCUT2D eigenvalue weighted by atomic mass is 32.2. The number of benzene rings is 1. The van der Waals surface area contributed by atoms with Gasteiger partial charge in [0, 0.05) is 17.0 Å². The molecule has 0 saturated carbocycles. The lowest BCUT2D eigenvalue weighted by atomic mass is 10.3. The number of hydrogen-bond donors (Lipinski definition) is 2. The predicted molar refractivity (Wildman–Crippen MR) is 43.4 cm³/mol. The van der Waals surface area contributed by atoms with E-state index in [0.29, 0.717) is 0 Å². The average molecular weight is 189 g/mol. The first-order chi connectivity index (χ1) is 5.59. The fourth-order valence-electron chi connectivity index (χ4n) is 0.703. The van der Waals surface area contributed by atoms with Crippen molar-refractivity contribution in [2.45, 2.75) is 0 Å². The minimum atomic E-state index is -2.41. The molecule has 0 aromatic heterocycles. The van der Waals surface area contributed by atoms with Crippen molar-refractivity contribution in [3.8, 4) is 0 Å². The Morgan fingerprint density at radius 3 is 2.75 bits per heavy atom. The van der Waals surface area contributed by atoms with Crippen molar-refractivity contribution in [2.75, 3.05) is 10.5 Å². The number of nitrogens with one attached hydrogen (secondary N) is 1. The van der Waals surface area contributed by atoms with Gasteiger partial charge in [-0.1, -0.05) is 0 Å². The van der Waals surface area contributed by atoms with Gasteiger partial charge in [-0.2, -0.15) is 0 Å². The van der Waals surface area contributed by atoms with Crippen LogP contribution in [-0.4, -0.2) is 8.76 Å². The molecule has 6 heteroatoms. The van der Waals surface area contributed by atoms with E-state index in [-0.39, 0.29) is 11.4 Å². The number of anilines is 2. The van der Waals surface area contributed by atoms with Crippen molar-refractivity contribution in [3.63, 3.8) is 0 Å². The van der Waals surface area contributed by atoms with Crippen LogP contribution in [0.25, 0.3) is 0 Å². The lowest BCUT2D eigenvalue weighted by molar-refractivity contribution is 0.542. The van der Waals surface area contributed by atoms with Crippen molar-refractivity contribution in [1.82, 2.24) is 0 Å². The molecule has 0 amide bonds. The summed E-state index contributed by atoms with van der Waals surface area (Å²) < 4.78 is 34.8. The summed E-state index contributed by atoms with van der Waals surface area (Å²) in [6, 6.07) is 3.57. The molecule has 0 heterocycles. The van der Waals surface area contributed by atoms with Gasteiger partial charge in [-0.15, -0.1) is 0 Å². The summed E-state index contributed by atoms with van der Waals surface area (Å²) in [7, 11) is 0. The second-order valence-corrected chi connectivity index (χ2v) is 2.75. The normalized spacial score (nSPS) is 12.5. The van der Waals surface area contributed by atoms with Gasteiger partial charge >= 0.3 is 0 Å². The van der Waals surface area contributed by atoms with Crippen molar-refractivity contribution in [3.05, 3.63) is 24.0 Å². The summed E-state index contributed by atoms with van der Waals surface area (Å²) in [5.41, 5.74) is 5.33.